The van der Waals surface area contributed by atoms with Gasteiger partial charge < -0.3 is 10.2 Å². The monoisotopic (exact) mass is 485 g/mol. The van der Waals surface area contributed by atoms with Crippen LogP contribution in [0, 0.1) is 0 Å². The van der Waals surface area contributed by atoms with Crippen LogP contribution in [0.2, 0.25) is 0 Å². The molecule has 2 rings (SSSR count). The van der Waals surface area contributed by atoms with Crippen molar-refractivity contribution < 1.29 is 8.42 Å². The lowest BCUT2D eigenvalue weighted by molar-refractivity contribution is 0.349. The van der Waals surface area contributed by atoms with Gasteiger partial charge in [0.1, 0.15) is 0 Å². The molecule has 2 heterocycles. The summed E-state index contributed by atoms with van der Waals surface area (Å²) < 4.78 is 23.5. The molecule has 0 atom stereocenters. The number of halogens is 1. The lowest BCUT2D eigenvalue weighted by Crippen LogP contribution is -2.58. The number of aliphatic imine (C=N–C) groups is 1. The van der Waals surface area contributed by atoms with E-state index in [9.17, 15) is 8.42 Å². The van der Waals surface area contributed by atoms with Gasteiger partial charge in [0, 0.05) is 37.0 Å². The van der Waals surface area contributed by atoms with Gasteiger partial charge >= 0.3 is 0 Å². The third-order valence-corrected chi connectivity index (χ3v) is 8.20. The van der Waals surface area contributed by atoms with Crippen LogP contribution < -0.4 is 5.32 Å². The normalized spacial score (nSPS) is 20.4. The Balaban J connectivity index is 0.00000288. The molecule has 0 amide bonds. The maximum atomic E-state index is 12.1. The molecule has 0 saturated carbocycles. The molecule has 1 fully saturated rings. The summed E-state index contributed by atoms with van der Waals surface area (Å²) in [5, 5.41) is 5.51. The van der Waals surface area contributed by atoms with Gasteiger partial charge in [-0.2, -0.15) is 0 Å². The van der Waals surface area contributed by atoms with E-state index in [-0.39, 0.29) is 35.1 Å². The first-order chi connectivity index (χ1) is 10.6. The molecule has 1 aromatic heterocycles. The minimum absolute atomic E-state index is 0. The van der Waals surface area contributed by atoms with Gasteiger partial charge in [-0.15, -0.1) is 35.3 Å². The fourth-order valence-corrected chi connectivity index (χ4v) is 4.93. The highest BCUT2D eigenvalue weighted by atomic mass is 127. The summed E-state index contributed by atoms with van der Waals surface area (Å²) in [5.41, 5.74) is 0.00148. The minimum atomic E-state index is -3.04. The van der Waals surface area contributed by atoms with E-state index in [4.69, 9.17) is 0 Å². The summed E-state index contributed by atoms with van der Waals surface area (Å²) in [5.74, 6) is 0.951. The number of sulfone groups is 1. The third-order valence-electron chi connectivity index (χ3n) is 4.43. The van der Waals surface area contributed by atoms with Crippen molar-refractivity contribution >= 4 is 51.1 Å². The molecule has 0 radical (unpaired) electrons. The van der Waals surface area contributed by atoms with Gasteiger partial charge in [0.2, 0.25) is 0 Å². The molecule has 0 aromatic carbocycles. The Bertz CT molecular complexity index is 668. The van der Waals surface area contributed by atoms with Gasteiger partial charge in [0.15, 0.2) is 15.8 Å². The van der Waals surface area contributed by atoms with Gasteiger partial charge in [0.05, 0.1) is 10.5 Å². The van der Waals surface area contributed by atoms with E-state index in [0.29, 0.717) is 13.1 Å². The fourth-order valence-electron chi connectivity index (χ4n) is 2.71. The van der Waals surface area contributed by atoms with Crippen LogP contribution in [0.1, 0.15) is 32.6 Å². The van der Waals surface area contributed by atoms with E-state index in [1.807, 2.05) is 4.90 Å². The van der Waals surface area contributed by atoms with E-state index in [2.05, 4.69) is 41.7 Å². The number of rotatable bonds is 3. The first-order valence-corrected chi connectivity index (χ1v) is 10.3. The van der Waals surface area contributed by atoms with Crippen LogP contribution >= 0.6 is 35.3 Å². The quantitative estimate of drug-likeness (QED) is 0.407. The average Bonchev–Trinajstić information content (AvgIpc) is 2.98. The molecular weight excluding hydrogens is 457 g/mol. The van der Waals surface area contributed by atoms with Gasteiger partial charge in [-0.05, 0) is 25.3 Å². The maximum absolute atomic E-state index is 12.1. The molecule has 0 spiro atoms. The van der Waals surface area contributed by atoms with Crippen LogP contribution in [-0.4, -0.2) is 56.5 Å². The number of nitrogens with zero attached hydrogens (tertiary/aromatic N) is 2. The molecule has 1 aromatic rings. The van der Waals surface area contributed by atoms with Crippen LogP contribution in [0.5, 0.6) is 0 Å². The molecule has 1 saturated heterocycles. The number of nitrogens with one attached hydrogen (secondary N) is 1. The summed E-state index contributed by atoms with van der Waals surface area (Å²) in [4.78, 5) is 7.72. The van der Waals surface area contributed by atoms with Crippen molar-refractivity contribution in [2.24, 2.45) is 4.99 Å². The molecule has 0 aliphatic carbocycles. The van der Waals surface area contributed by atoms with Crippen molar-refractivity contribution in [3.05, 3.63) is 22.4 Å². The first kappa shape index (κ1) is 21.7. The van der Waals surface area contributed by atoms with E-state index in [1.54, 1.807) is 32.2 Å². The second-order valence-corrected chi connectivity index (χ2v) is 11.0. The Morgan fingerprint density at radius 3 is 2.62 bits per heavy atom. The number of thiophene rings is 1. The zero-order valence-electron chi connectivity index (χ0n) is 15.0. The molecule has 24 heavy (non-hydrogen) atoms. The molecule has 1 aliphatic rings. The summed E-state index contributed by atoms with van der Waals surface area (Å²) >= 11 is 1.75. The highest BCUT2D eigenvalue weighted by Gasteiger charge is 2.41. The smallest absolute Gasteiger partial charge is 0.193 e. The van der Waals surface area contributed by atoms with Gasteiger partial charge in [-0.25, -0.2) is 8.42 Å². The van der Waals surface area contributed by atoms with Crippen LogP contribution in [0.15, 0.2) is 22.5 Å². The van der Waals surface area contributed by atoms with E-state index in [0.717, 1.165) is 12.5 Å². The highest BCUT2D eigenvalue weighted by Crippen LogP contribution is 2.27. The molecule has 0 unspecified atom stereocenters. The van der Waals surface area contributed by atoms with E-state index in [1.165, 1.54) is 4.88 Å². The molecule has 138 valence electrons. The van der Waals surface area contributed by atoms with Crippen molar-refractivity contribution in [1.82, 2.24) is 10.2 Å². The predicted octanol–water partition coefficient (Wildman–Crippen LogP) is 2.73. The van der Waals surface area contributed by atoms with Gasteiger partial charge in [-0.1, -0.05) is 19.9 Å². The molecule has 5 nitrogen and oxygen atoms in total. The largest absolute Gasteiger partial charge is 0.355 e. The van der Waals surface area contributed by atoms with E-state index < -0.39 is 14.6 Å². The molecule has 0 bridgehead atoms. The lowest BCUT2D eigenvalue weighted by Gasteiger charge is -2.39. The first-order valence-electron chi connectivity index (χ1n) is 7.81. The second kappa shape index (κ2) is 7.90. The van der Waals surface area contributed by atoms with Crippen LogP contribution in [-0.2, 0) is 15.3 Å². The Labute approximate surface area is 166 Å². The summed E-state index contributed by atoms with van der Waals surface area (Å²) in [6, 6.07) is 4.21. The zero-order valence-corrected chi connectivity index (χ0v) is 19.0. The van der Waals surface area contributed by atoms with Crippen LogP contribution in [0.25, 0.3) is 0 Å². The van der Waals surface area contributed by atoms with Crippen LogP contribution in [0.4, 0.5) is 0 Å². The Morgan fingerprint density at radius 1 is 1.46 bits per heavy atom. The van der Waals surface area contributed by atoms with Crippen molar-refractivity contribution in [2.75, 3.05) is 32.4 Å². The summed E-state index contributed by atoms with van der Waals surface area (Å²) in [6.07, 6.45) is 0. The molecule has 1 aliphatic heterocycles. The molecule has 8 heteroatoms. The maximum Gasteiger partial charge on any atom is 0.193 e. The lowest BCUT2D eigenvalue weighted by atomic mass is 9.91. The van der Waals surface area contributed by atoms with Crippen LogP contribution in [0.3, 0.4) is 0 Å². The average molecular weight is 485 g/mol. The molecular formula is C16H28IN3O2S2. The van der Waals surface area contributed by atoms with Crippen molar-refractivity contribution in [1.29, 1.82) is 0 Å². The standard InChI is InChI=1S/C16H27N3O2S2.HI/c1-15(2,13-7-6-9-22-13)11-18-14(17-5)19-8-10-23(20,21)16(3,4)12-19;/h6-7,9H,8,10-12H2,1-5H3,(H,17,18);1H. The van der Waals surface area contributed by atoms with Gasteiger partial charge in [-0.3, -0.25) is 4.99 Å². The Morgan fingerprint density at radius 2 is 2.12 bits per heavy atom. The van der Waals surface area contributed by atoms with Crippen molar-refractivity contribution in [2.45, 2.75) is 37.9 Å². The zero-order chi connectivity index (χ0) is 17.3. The highest BCUT2D eigenvalue weighted by molar-refractivity contribution is 14.0. The Hall–Kier alpha value is -0.350. The fraction of sp³-hybridized carbons (Fsp3) is 0.688. The topological polar surface area (TPSA) is 61.8 Å². The summed E-state index contributed by atoms with van der Waals surface area (Å²) in [6.45, 7) is 9.69. The van der Waals surface area contributed by atoms with Gasteiger partial charge in [0.25, 0.3) is 0 Å². The molecule has 1 N–H and O–H groups in total. The Kier molecular flexibility index (Phi) is 7.14. The van der Waals surface area contributed by atoms with Crippen molar-refractivity contribution in [3.8, 4) is 0 Å². The number of hydrogen-bond donors (Lipinski definition) is 1. The van der Waals surface area contributed by atoms with E-state index >= 15 is 0 Å². The number of guanidine groups is 1. The van der Waals surface area contributed by atoms with Crippen molar-refractivity contribution in [3.63, 3.8) is 0 Å². The minimum Gasteiger partial charge on any atom is -0.355 e. The third kappa shape index (κ3) is 4.63. The second-order valence-electron chi connectivity index (χ2n) is 7.26. The SMILES string of the molecule is CN=C(NCC(C)(C)c1cccs1)N1CCS(=O)(=O)C(C)(C)C1.I. The number of hydrogen-bond acceptors (Lipinski definition) is 4. The summed E-state index contributed by atoms with van der Waals surface area (Å²) in [7, 11) is -1.29. The predicted molar refractivity (Wildman–Crippen MR) is 114 cm³/mol.